The van der Waals surface area contributed by atoms with Crippen LogP contribution >= 0.6 is 0 Å². The summed E-state index contributed by atoms with van der Waals surface area (Å²) in [5.41, 5.74) is 0.337. The van der Waals surface area contributed by atoms with Crippen LogP contribution in [0.4, 0.5) is 5.82 Å². The van der Waals surface area contributed by atoms with Gasteiger partial charge in [0.15, 0.2) is 11.4 Å². The van der Waals surface area contributed by atoms with Crippen LogP contribution in [0.5, 0.6) is 5.88 Å². The molecule has 0 bridgehead atoms. The lowest BCUT2D eigenvalue weighted by Crippen LogP contribution is -2.13. The molecule has 0 atom stereocenters. The van der Waals surface area contributed by atoms with Gasteiger partial charge in [0.25, 0.3) is 0 Å². The van der Waals surface area contributed by atoms with Crippen LogP contribution in [0.15, 0.2) is 6.33 Å². The molecule has 0 radical (unpaired) electrons. The number of nitriles is 1. The molecule has 14 heavy (non-hydrogen) atoms. The Bertz CT molecular complexity index is 356. The van der Waals surface area contributed by atoms with E-state index < -0.39 is 0 Å². The fourth-order valence-electron chi connectivity index (χ4n) is 1.01. The minimum absolute atomic E-state index is 0.210. The minimum Gasteiger partial charge on any atom is -0.480 e. The van der Waals surface area contributed by atoms with Crippen LogP contribution in [-0.4, -0.2) is 23.1 Å². The molecule has 0 spiro atoms. The number of methoxy groups -OCH3 is 1. The molecule has 1 heterocycles. The summed E-state index contributed by atoms with van der Waals surface area (Å²) in [5.74, 6) is 0.806. The van der Waals surface area contributed by atoms with Gasteiger partial charge in [-0.05, 0) is 13.8 Å². The van der Waals surface area contributed by atoms with Gasteiger partial charge in [0.2, 0.25) is 5.88 Å². The van der Waals surface area contributed by atoms with Gasteiger partial charge >= 0.3 is 0 Å². The summed E-state index contributed by atoms with van der Waals surface area (Å²) in [4.78, 5) is 7.81. The third-order valence-corrected chi connectivity index (χ3v) is 1.54. The fraction of sp³-hybridized carbons (Fsp3) is 0.444. The summed E-state index contributed by atoms with van der Waals surface area (Å²) in [6.45, 7) is 3.94. The van der Waals surface area contributed by atoms with Gasteiger partial charge in [-0.25, -0.2) is 9.97 Å². The highest BCUT2D eigenvalue weighted by Gasteiger charge is 2.11. The number of nitrogens with one attached hydrogen (secondary N) is 1. The van der Waals surface area contributed by atoms with Crippen LogP contribution in [0.3, 0.4) is 0 Å². The van der Waals surface area contributed by atoms with E-state index in [0.29, 0.717) is 17.3 Å². The Morgan fingerprint density at radius 2 is 2.21 bits per heavy atom. The molecule has 5 nitrogen and oxygen atoms in total. The highest BCUT2D eigenvalue weighted by Crippen LogP contribution is 2.20. The molecule has 0 saturated heterocycles. The van der Waals surface area contributed by atoms with Crippen LogP contribution < -0.4 is 10.1 Å². The quantitative estimate of drug-likeness (QED) is 0.778. The van der Waals surface area contributed by atoms with E-state index in [0.717, 1.165) is 0 Å². The first kappa shape index (κ1) is 10.3. The van der Waals surface area contributed by atoms with E-state index in [1.54, 1.807) is 0 Å². The first-order valence-corrected chi connectivity index (χ1v) is 4.24. The predicted octanol–water partition coefficient (Wildman–Crippen LogP) is 1.18. The maximum absolute atomic E-state index is 8.89. The van der Waals surface area contributed by atoms with Gasteiger partial charge in [0.1, 0.15) is 12.4 Å². The molecule has 0 aliphatic rings. The molecule has 74 valence electrons. The molecular weight excluding hydrogens is 180 g/mol. The monoisotopic (exact) mass is 192 g/mol. The SMILES string of the molecule is COc1ncnc(NC(C)C)c1C#N. The molecule has 0 amide bonds. The summed E-state index contributed by atoms with van der Waals surface area (Å²) in [5, 5.41) is 11.9. The molecule has 1 N–H and O–H groups in total. The first-order chi connectivity index (χ1) is 6.69. The number of anilines is 1. The van der Waals surface area contributed by atoms with Crippen molar-refractivity contribution >= 4 is 5.82 Å². The second kappa shape index (κ2) is 4.42. The average Bonchev–Trinajstić information content (AvgIpc) is 2.16. The van der Waals surface area contributed by atoms with Crippen LogP contribution in [0.1, 0.15) is 19.4 Å². The molecule has 1 aromatic rings. The molecule has 0 aromatic carbocycles. The molecule has 0 aliphatic carbocycles. The molecule has 0 saturated carbocycles. The first-order valence-electron chi connectivity index (χ1n) is 4.24. The van der Waals surface area contributed by atoms with E-state index in [2.05, 4.69) is 15.3 Å². The topological polar surface area (TPSA) is 70.8 Å². The molecule has 1 aromatic heterocycles. The summed E-state index contributed by atoms with van der Waals surface area (Å²) < 4.78 is 4.94. The number of ether oxygens (including phenoxy) is 1. The number of nitrogens with zero attached hydrogens (tertiary/aromatic N) is 3. The van der Waals surface area contributed by atoms with E-state index in [1.165, 1.54) is 13.4 Å². The van der Waals surface area contributed by atoms with Crippen LogP contribution in [-0.2, 0) is 0 Å². The Kier molecular flexibility index (Phi) is 3.24. The Balaban J connectivity index is 3.10. The lowest BCUT2D eigenvalue weighted by molar-refractivity contribution is 0.395. The molecule has 5 heteroatoms. The van der Waals surface area contributed by atoms with Gasteiger partial charge < -0.3 is 10.1 Å². The Labute approximate surface area is 82.8 Å². The fourth-order valence-corrected chi connectivity index (χ4v) is 1.01. The van der Waals surface area contributed by atoms with Gasteiger partial charge in [0.05, 0.1) is 7.11 Å². The van der Waals surface area contributed by atoms with Crippen LogP contribution in [0.2, 0.25) is 0 Å². The Hall–Kier alpha value is -1.83. The third kappa shape index (κ3) is 2.10. The van der Waals surface area contributed by atoms with Gasteiger partial charge in [-0.3, -0.25) is 0 Å². The zero-order valence-electron chi connectivity index (χ0n) is 8.40. The highest BCUT2D eigenvalue weighted by atomic mass is 16.5. The summed E-state index contributed by atoms with van der Waals surface area (Å²) >= 11 is 0. The Morgan fingerprint density at radius 3 is 2.71 bits per heavy atom. The second-order valence-corrected chi connectivity index (χ2v) is 3.02. The lowest BCUT2D eigenvalue weighted by atomic mass is 10.3. The lowest BCUT2D eigenvalue weighted by Gasteiger charge is -2.11. The van der Waals surface area contributed by atoms with Gasteiger partial charge in [-0.1, -0.05) is 0 Å². The number of hydrogen-bond donors (Lipinski definition) is 1. The average molecular weight is 192 g/mol. The van der Waals surface area contributed by atoms with E-state index in [9.17, 15) is 0 Å². The van der Waals surface area contributed by atoms with Crippen molar-refractivity contribution in [1.82, 2.24) is 9.97 Å². The second-order valence-electron chi connectivity index (χ2n) is 3.02. The zero-order valence-corrected chi connectivity index (χ0v) is 8.40. The maximum atomic E-state index is 8.89. The standard InChI is InChI=1S/C9H12N4O/c1-6(2)13-8-7(4-10)9(14-3)12-5-11-8/h5-6H,1-3H3,(H,11,12,13). The molecular formula is C9H12N4O. The van der Waals surface area contributed by atoms with Crippen LogP contribution in [0.25, 0.3) is 0 Å². The van der Waals surface area contributed by atoms with Crippen molar-refractivity contribution < 1.29 is 4.74 Å². The normalized spacial score (nSPS) is 9.64. The van der Waals surface area contributed by atoms with Crippen molar-refractivity contribution in [2.24, 2.45) is 0 Å². The third-order valence-electron chi connectivity index (χ3n) is 1.54. The van der Waals surface area contributed by atoms with Crippen molar-refractivity contribution in [2.45, 2.75) is 19.9 Å². The zero-order chi connectivity index (χ0) is 10.6. The molecule has 1 rings (SSSR count). The Morgan fingerprint density at radius 1 is 1.50 bits per heavy atom. The van der Waals surface area contributed by atoms with Crippen molar-refractivity contribution in [3.8, 4) is 11.9 Å². The van der Waals surface area contributed by atoms with E-state index in [-0.39, 0.29) is 6.04 Å². The molecule has 0 unspecified atom stereocenters. The molecule has 0 aliphatic heterocycles. The maximum Gasteiger partial charge on any atom is 0.236 e. The summed E-state index contributed by atoms with van der Waals surface area (Å²) in [6.07, 6.45) is 1.37. The highest BCUT2D eigenvalue weighted by molar-refractivity contribution is 5.56. The van der Waals surface area contributed by atoms with Crippen molar-refractivity contribution in [1.29, 1.82) is 5.26 Å². The largest absolute Gasteiger partial charge is 0.480 e. The van der Waals surface area contributed by atoms with E-state index in [4.69, 9.17) is 10.00 Å². The van der Waals surface area contributed by atoms with Crippen molar-refractivity contribution in [3.63, 3.8) is 0 Å². The molecule has 0 fully saturated rings. The van der Waals surface area contributed by atoms with Crippen molar-refractivity contribution in [2.75, 3.05) is 12.4 Å². The van der Waals surface area contributed by atoms with Gasteiger partial charge in [-0.15, -0.1) is 0 Å². The van der Waals surface area contributed by atoms with E-state index >= 15 is 0 Å². The van der Waals surface area contributed by atoms with Crippen molar-refractivity contribution in [3.05, 3.63) is 11.9 Å². The van der Waals surface area contributed by atoms with Crippen LogP contribution in [0, 0.1) is 11.3 Å². The van der Waals surface area contributed by atoms with Gasteiger partial charge in [0, 0.05) is 6.04 Å². The summed E-state index contributed by atoms with van der Waals surface area (Å²) in [7, 11) is 1.47. The van der Waals surface area contributed by atoms with E-state index in [1.807, 2.05) is 19.9 Å². The number of aromatic nitrogens is 2. The van der Waals surface area contributed by atoms with Gasteiger partial charge in [-0.2, -0.15) is 5.26 Å². The number of hydrogen-bond acceptors (Lipinski definition) is 5. The minimum atomic E-state index is 0.210. The number of rotatable bonds is 3. The summed E-state index contributed by atoms with van der Waals surface area (Å²) in [6, 6.07) is 2.22. The smallest absolute Gasteiger partial charge is 0.236 e. The predicted molar refractivity (Wildman–Crippen MR) is 52.1 cm³/mol.